The van der Waals surface area contributed by atoms with Crippen molar-refractivity contribution in [2.45, 2.75) is 38.0 Å². The molecule has 1 unspecified atom stereocenters. The summed E-state index contributed by atoms with van der Waals surface area (Å²) in [5.74, 6) is 0.301. The molecule has 0 radical (unpaired) electrons. The molecule has 1 atom stereocenters. The summed E-state index contributed by atoms with van der Waals surface area (Å²) in [6.45, 7) is 0. The van der Waals surface area contributed by atoms with E-state index in [1.807, 2.05) is 30.3 Å². The molecule has 3 heteroatoms. The summed E-state index contributed by atoms with van der Waals surface area (Å²) < 4.78 is 0. The largest absolute Gasteiger partial charge is 0.399 e. The summed E-state index contributed by atoms with van der Waals surface area (Å²) in [5.41, 5.74) is 9.85. The molecule has 3 nitrogen and oxygen atoms in total. The quantitative estimate of drug-likeness (QED) is 0.874. The summed E-state index contributed by atoms with van der Waals surface area (Å²) in [5, 5.41) is 0. The topological polar surface area (TPSA) is 56.0 Å². The molecule has 1 aliphatic rings. The number of hydrogen-bond donors (Lipinski definition) is 1. The number of nitrogens with zero attached hydrogens (tertiary/aromatic N) is 1. The second kappa shape index (κ2) is 6.08. The third-order valence-corrected chi connectivity index (χ3v) is 4.22. The minimum absolute atomic E-state index is 0.0104. The molecule has 1 aromatic carbocycles. The van der Waals surface area contributed by atoms with Crippen LogP contribution in [0.5, 0.6) is 0 Å². The number of rotatable bonds is 4. The molecule has 21 heavy (non-hydrogen) atoms. The van der Waals surface area contributed by atoms with Gasteiger partial charge in [-0.1, -0.05) is 18.2 Å². The molecule has 1 heterocycles. The predicted molar refractivity (Wildman–Crippen MR) is 84.1 cm³/mol. The fourth-order valence-corrected chi connectivity index (χ4v) is 3.05. The standard InChI is InChI=1S/C18H20N2O/c19-15-9-6-13(7-10-15)8-11-17(21)16-5-1-3-14-4-2-12-20-18(14)16/h2,4,6-7,9-10,12,16H,1,3,5,8,11,19H2. The highest BCUT2D eigenvalue weighted by Crippen LogP contribution is 2.31. The first kappa shape index (κ1) is 13.8. The van der Waals surface area contributed by atoms with Gasteiger partial charge in [0.1, 0.15) is 5.78 Å². The van der Waals surface area contributed by atoms with Crippen LogP contribution >= 0.6 is 0 Å². The molecule has 0 saturated heterocycles. The minimum atomic E-state index is -0.0104. The van der Waals surface area contributed by atoms with Gasteiger partial charge in [-0.3, -0.25) is 9.78 Å². The highest BCUT2D eigenvalue weighted by atomic mass is 16.1. The van der Waals surface area contributed by atoms with Crippen LogP contribution in [0.25, 0.3) is 0 Å². The van der Waals surface area contributed by atoms with Gasteiger partial charge in [0.15, 0.2) is 0 Å². The van der Waals surface area contributed by atoms with Gasteiger partial charge < -0.3 is 5.73 Å². The molecule has 2 aromatic rings. The fourth-order valence-electron chi connectivity index (χ4n) is 3.05. The number of aryl methyl sites for hydroxylation is 2. The number of fused-ring (bicyclic) bond motifs is 1. The van der Waals surface area contributed by atoms with E-state index in [9.17, 15) is 4.79 Å². The van der Waals surface area contributed by atoms with Crippen molar-refractivity contribution in [3.63, 3.8) is 0 Å². The van der Waals surface area contributed by atoms with E-state index in [4.69, 9.17) is 5.73 Å². The molecule has 0 amide bonds. The number of pyridine rings is 1. The summed E-state index contributed by atoms with van der Waals surface area (Å²) in [4.78, 5) is 17.0. The lowest BCUT2D eigenvalue weighted by Gasteiger charge is -2.23. The number of carbonyl (C=O) groups is 1. The van der Waals surface area contributed by atoms with Crippen molar-refractivity contribution in [3.05, 3.63) is 59.4 Å². The Labute approximate surface area is 125 Å². The van der Waals surface area contributed by atoms with E-state index in [0.717, 1.165) is 42.6 Å². The van der Waals surface area contributed by atoms with E-state index in [2.05, 4.69) is 11.1 Å². The van der Waals surface area contributed by atoms with Crippen LogP contribution < -0.4 is 5.73 Å². The molecule has 1 aromatic heterocycles. The minimum Gasteiger partial charge on any atom is -0.399 e. The number of anilines is 1. The first-order chi connectivity index (χ1) is 10.2. The molecule has 0 spiro atoms. The Morgan fingerprint density at radius 2 is 2.05 bits per heavy atom. The smallest absolute Gasteiger partial charge is 0.142 e. The Bertz CT molecular complexity index is 634. The zero-order valence-corrected chi connectivity index (χ0v) is 12.1. The van der Waals surface area contributed by atoms with E-state index in [1.54, 1.807) is 6.20 Å². The van der Waals surface area contributed by atoms with Crippen LogP contribution in [0.4, 0.5) is 5.69 Å². The van der Waals surface area contributed by atoms with Crippen LogP contribution in [-0.4, -0.2) is 10.8 Å². The van der Waals surface area contributed by atoms with Crippen LogP contribution in [-0.2, 0) is 17.6 Å². The monoisotopic (exact) mass is 280 g/mol. The third-order valence-electron chi connectivity index (χ3n) is 4.22. The van der Waals surface area contributed by atoms with Crippen molar-refractivity contribution in [1.29, 1.82) is 0 Å². The number of hydrogen-bond acceptors (Lipinski definition) is 3. The predicted octanol–water partition coefficient (Wildman–Crippen LogP) is 3.29. The Morgan fingerprint density at radius 3 is 2.86 bits per heavy atom. The maximum absolute atomic E-state index is 12.5. The lowest BCUT2D eigenvalue weighted by atomic mass is 9.82. The van der Waals surface area contributed by atoms with Crippen molar-refractivity contribution < 1.29 is 4.79 Å². The second-order valence-corrected chi connectivity index (χ2v) is 5.70. The number of aromatic nitrogens is 1. The first-order valence-electron chi connectivity index (χ1n) is 7.55. The average Bonchev–Trinajstić information content (AvgIpc) is 2.53. The number of Topliss-reactive ketones (excluding diaryl/α,β-unsaturated/α-hetero) is 1. The lowest BCUT2D eigenvalue weighted by Crippen LogP contribution is -2.20. The Morgan fingerprint density at radius 1 is 1.24 bits per heavy atom. The summed E-state index contributed by atoms with van der Waals surface area (Å²) >= 11 is 0. The van der Waals surface area contributed by atoms with Gasteiger partial charge in [-0.2, -0.15) is 0 Å². The number of carbonyl (C=O) groups excluding carboxylic acids is 1. The molecule has 1 aliphatic carbocycles. The van der Waals surface area contributed by atoms with Crippen LogP contribution in [0.15, 0.2) is 42.6 Å². The zero-order chi connectivity index (χ0) is 14.7. The molecular formula is C18H20N2O. The van der Waals surface area contributed by atoms with Gasteiger partial charge in [-0.15, -0.1) is 0 Å². The van der Waals surface area contributed by atoms with Crippen LogP contribution in [0, 0.1) is 0 Å². The molecule has 0 fully saturated rings. The Hall–Kier alpha value is -2.16. The van der Waals surface area contributed by atoms with Crippen molar-refractivity contribution in [3.8, 4) is 0 Å². The van der Waals surface area contributed by atoms with E-state index in [0.29, 0.717) is 12.2 Å². The average molecular weight is 280 g/mol. The summed E-state index contributed by atoms with van der Waals surface area (Å²) in [6, 6.07) is 11.8. The maximum Gasteiger partial charge on any atom is 0.142 e. The third kappa shape index (κ3) is 3.13. The van der Waals surface area contributed by atoms with Gasteiger partial charge in [-0.05, 0) is 55.0 Å². The summed E-state index contributed by atoms with van der Waals surface area (Å²) in [6.07, 6.45) is 6.21. The Kier molecular flexibility index (Phi) is 4.00. The van der Waals surface area contributed by atoms with Gasteiger partial charge >= 0.3 is 0 Å². The number of benzene rings is 1. The summed E-state index contributed by atoms with van der Waals surface area (Å²) in [7, 11) is 0. The molecule has 3 rings (SSSR count). The van der Waals surface area contributed by atoms with E-state index < -0.39 is 0 Å². The van der Waals surface area contributed by atoms with Gasteiger partial charge in [0.05, 0.1) is 11.6 Å². The van der Waals surface area contributed by atoms with Crippen molar-refractivity contribution >= 4 is 11.5 Å². The molecule has 0 saturated carbocycles. The van der Waals surface area contributed by atoms with E-state index in [1.165, 1.54) is 5.56 Å². The molecule has 2 N–H and O–H groups in total. The molecule has 0 bridgehead atoms. The molecule has 0 aliphatic heterocycles. The molecule has 108 valence electrons. The normalized spacial score (nSPS) is 17.2. The SMILES string of the molecule is Nc1ccc(CCC(=O)C2CCCc3cccnc32)cc1. The highest BCUT2D eigenvalue weighted by molar-refractivity contribution is 5.86. The van der Waals surface area contributed by atoms with E-state index >= 15 is 0 Å². The van der Waals surface area contributed by atoms with Gasteiger partial charge in [0.2, 0.25) is 0 Å². The second-order valence-electron chi connectivity index (χ2n) is 5.70. The lowest BCUT2D eigenvalue weighted by molar-refractivity contribution is -0.120. The Balaban J connectivity index is 1.68. The number of nitrogens with two attached hydrogens (primary N) is 1. The van der Waals surface area contributed by atoms with Gasteiger partial charge in [0, 0.05) is 18.3 Å². The zero-order valence-electron chi connectivity index (χ0n) is 12.1. The van der Waals surface area contributed by atoms with Crippen LogP contribution in [0.2, 0.25) is 0 Å². The van der Waals surface area contributed by atoms with Crippen molar-refractivity contribution in [2.75, 3.05) is 5.73 Å². The van der Waals surface area contributed by atoms with Crippen LogP contribution in [0.3, 0.4) is 0 Å². The highest BCUT2D eigenvalue weighted by Gasteiger charge is 2.26. The van der Waals surface area contributed by atoms with Crippen molar-refractivity contribution in [2.24, 2.45) is 0 Å². The van der Waals surface area contributed by atoms with Crippen LogP contribution in [0.1, 0.15) is 42.0 Å². The van der Waals surface area contributed by atoms with E-state index in [-0.39, 0.29) is 5.92 Å². The van der Waals surface area contributed by atoms with Gasteiger partial charge in [0.25, 0.3) is 0 Å². The maximum atomic E-state index is 12.5. The number of nitrogen functional groups attached to an aromatic ring is 1. The van der Waals surface area contributed by atoms with Gasteiger partial charge in [-0.25, -0.2) is 0 Å². The van der Waals surface area contributed by atoms with Crippen molar-refractivity contribution in [1.82, 2.24) is 4.98 Å². The molecular weight excluding hydrogens is 260 g/mol. The number of ketones is 1. The first-order valence-corrected chi connectivity index (χ1v) is 7.55. The fraction of sp³-hybridized carbons (Fsp3) is 0.333.